The van der Waals surface area contributed by atoms with Gasteiger partial charge >= 0.3 is 0 Å². The summed E-state index contributed by atoms with van der Waals surface area (Å²) in [7, 11) is 1.66. The lowest BCUT2D eigenvalue weighted by Crippen LogP contribution is -2.01. The number of rotatable bonds is 3. The van der Waals surface area contributed by atoms with Gasteiger partial charge in [0.2, 0.25) is 5.90 Å². The lowest BCUT2D eigenvalue weighted by Gasteiger charge is -2.03. The van der Waals surface area contributed by atoms with E-state index in [9.17, 15) is 0 Å². The number of ether oxygens (including phenoxy) is 2. The molecule has 0 N–H and O–H groups in total. The van der Waals surface area contributed by atoms with Gasteiger partial charge in [0.1, 0.15) is 18.4 Å². The van der Waals surface area contributed by atoms with Crippen molar-refractivity contribution in [3.63, 3.8) is 0 Å². The first-order valence-electron chi connectivity index (χ1n) is 6.27. The molecule has 0 amide bonds. The summed E-state index contributed by atoms with van der Waals surface area (Å²) in [6, 6.07) is 18.1. The molecule has 1 heterocycles. The second-order valence-corrected chi connectivity index (χ2v) is 4.40. The molecule has 1 atom stereocenters. The molecule has 3 heteroatoms. The summed E-state index contributed by atoms with van der Waals surface area (Å²) in [4.78, 5) is 4.64. The summed E-state index contributed by atoms with van der Waals surface area (Å²) in [5, 5.41) is 0. The van der Waals surface area contributed by atoms with Gasteiger partial charge in [-0.05, 0) is 29.8 Å². The summed E-state index contributed by atoms with van der Waals surface area (Å²) in [6.45, 7) is 0.603. The van der Waals surface area contributed by atoms with Gasteiger partial charge in [0.05, 0.1) is 7.11 Å². The second-order valence-electron chi connectivity index (χ2n) is 4.40. The van der Waals surface area contributed by atoms with Crippen molar-refractivity contribution in [2.75, 3.05) is 13.7 Å². The quantitative estimate of drug-likeness (QED) is 0.841. The number of nitrogens with zero attached hydrogens (tertiary/aromatic N) is 1. The molecule has 3 nitrogen and oxygen atoms in total. The zero-order chi connectivity index (χ0) is 13.1. The first kappa shape index (κ1) is 11.8. The van der Waals surface area contributed by atoms with E-state index in [-0.39, 0.29) is 6.04 Å². The van der Waals surface area contributed by atoms with Crippen LogP contribution in [-0.2, 0) is 4.74 Å². The predicted octanol–water partition coefficient (Wildman–Crippen LogP) is 3.21. The third-order valence-corrected chi connectivity index (χ3v) is 3.17. The minimum Gasteiger partial charge on any atom is -0.497 e. The largest absolute Gasteiger partial charge is 0.497 e. The number of benzene rings is 2. The Labute approximate surface area is 112 Å². The SMILES string of the molecule is COc1ccc(C2=N[C@H](c3ccccc3)CO2)cc1. The molecule has 0 spiro atoms. The average Bonchev–Trinajstić information content (AvgIpc) is 2.98. The smallest absolute Gasteiger partial charge is 0.216 e. The van der Waals surface area contributed by atoms with Crippen molar-refractivity contribution in [3.05, 3.63) is 65.7 Å². The molecule has 1 aliphatic rings. The van der Waals surface area contributed by atoms with Gasteiger partial charge in [0.15, 0.2) is 0 Å². The summed E-state index contributed by atoms with van der Waals surface area (Å²) in [5.74, 6) is 1.54. The maximum Gasteiger partial charge on any atom is 0.216 e. The Morgan fingerprint density at radius 3 is 2.47 bits per heavy atom. The third-order valence-electron chi connectivity index (χ3n) is 3.17. The fourth-order valence-electron chi connectivity index (χ4n) is 2.11. The van der Waals surface area contributed by atoms with Crippen LogP contribution in [0.15, 0.2) is 59.6 Å². The van der Waals surface area contributed by atoms with Gasteiger partial charge in [-0.1, -0.05) is 30.3 Å². The highest BCUT2D eigenvalue weighted by Crippen LogP contribution is 2.25. The van der Waals surface area contributed by atoms with E-state index in [0.717, 1.165) is 11.3 Å². The van der Waals surface area contributed by atoms with Crippen molar-refractivity contribution in [1.29, 1.82) is 0 Å². The Balaban J connectivity index is 1.82. The molecule has 0 unspecified atom stereocenters. The zero-order valence-corrected chi connectivity index (χ0v) is 10.7. The number of hydrogen-bond acceptors (Lipinski definition) is 3. The van der Waals surface area contributed by atoms with Crippen LogP contribution in [0.1, 0.15) is 17.2 Å². The van der Waals surface area contributed by atoms with Crippen LogP contribution in [0, 0.1) is 0 Å². The minimum atomic E-state index is 0.0956. The van der Waals surface area contributed by atoms with Crippen LogP contribution in [0.5, 0.6) is 5.75 Å². The number of methoxy groups -OCH3 is 1. The fourth-order valence-corrected chi connectivity index (χ4v) is 2.11. The summed E-state index contributed by atoms with van der Waals surface area (Å²) >= 11 is 0. The molecule has 2 aromatic rings. The summed E-state index contributed by atoms with van der Waals surface area (Å²) in [6.07, 6.45) is 0. The van der Waals surface area contributed by atoms with E-state index >= 15 is 0 Å². The molecule has 1 aliphatic heterocycles. The molecule has 19 heavy (non-hydrogen) atoms. The topological polar surface area (TPSA) is 30.8 Å². The summed E-state index contributed by atoms with van der Waals surface area (Å²) < 4.78 is 10.8. The molecule has 3 rings (SSSR count). The summed E-state index contributed by atoms with van der Waals surface area (Å²) in [5.41, 5.74) is 2.17. The molecule has 0 radical (unpaired) electrons. The van der Waals surface area contributed by atoms with Gasteiger partial charge in [-0.3, -0.25) is 0 Å². The maximum atomic E-state index is 5.69. The van der Waals surface area contributed by atoms with E-state index < -0.39 is 0 Å². The molecule has 0 fully saturated rings. The second kappa shape index (κ2) is 5.14. The van der Waals surface area contributed by atoms with E-state index in [1.165, 1.54) is 5.56 Å². The average molecular weight is 253 g/mol. The van der Waals surface area contributed by atoms with E-state index in [2.05, 4.69) is 17.1 Å². The Kier molecular flexibility index (Phi) is 3.19. The van der Waals surface area contributed by atoms with Crippen molar-refractivity contribution < 1.29 is 9.47 Å². The monoisotopic (exact) mass is 253 g/mol. The molecule has 0 aromatic heterocycles. The predicted molar refractivity (Wildman–Crippen MR) is 74.7 cm³/mol. The van der Waals surface area contributed by atoms with E-state index in [1.807, 2.05) is 42.5 Å². The molecule has 0 bridgehead atoms. The highest BCUT2D eigenvalue weighted by molar-refractivity contribution is 5.95. The standard InChI is InChI=1S/C16H15NO2/c1-18-14-9-7-13(8-10-14)16-17-15(11-19-16)12-5-3-2-4-6-12/h2-10,15H,11H2,1H3/t15-/m0/s1. The van der Waals surface area contributed by atoms with Crippen LogP contribution in [0.3, 0.4) is 0 Å². The lowest BCUT2D eigenvalue weighted by molar-refractivity contribution is 0.320. The van der Waals surface area contributed by atoms with Crippen LogP contribution in [-0.4, -0.2) is 19.6 Å². The number of aliphatic imine (C=N–C) groups is 1. The van der Waals surface area contributed by atoms with Gasteiger partial charge < -0.3 is 9.47 Å². The Morgan fingerprint density at radius 1 is 1.05 bits per heavy atom. The Morgan fingerprint density at radius 2 is 1.79 bits per heavy atom. The highest BCUT2D eigenvalue weighted by Gasteiger charge is 2.21. The van der Waals surface area contributed by atoms with Crippen molar-refractivity contribution in [2.45, 2.75) is 6.04 Å². The molecular weight excluding hydrogens is 238 g/mol. The molecule has 0 saturated heterocycles. The Hall–Kier alpha value is -2.29. The van der Waals surface area contributed by atoms with Crippen LogP contribution < -0.4 is 4.74 Å². The minimum absolute atomic E-state index is 0.0956. The van der Waals surface area contributed by atoms with Gasteiger partial charge in [0.25, 0.3) is 0 Å². The molecule has 0 saturated carbocycles. The van der Waals surface area contributed by atoms with Crippen LogP contribution >= 0.6 is 0 Å². The van der Waals surface area contributed by atoms with Crippen LogP contribution in [0.2, 0.25) is 0 Å². The molecule has 96 valence electrons. The molecule has 2 aromatic carbocycles. The number of hydrogen-bond donors (Lipinski definition) is 0. The lowest BCUT2D eigenvalue weighted by atomic mass is 10.1. The van der Waals surface area contributed by atoms with Gasteiger partial charge in [-0.2, -0.15) is 0 Å². The first-order valence-corrected chi connectivity index (χ1v) is 6.27. The fraction of sp³-hybridized carbons (Fsp3) is 0.188. The van der Waals surface area contributed by atoms with Gasteiger partial charge in [-0.25, -0.2) is 4.99 Å². The van der Waals surface area contributed by atoms with E-state index in [4.69, 9.17) is 9.47 Å². The molecular formula is C16H15NO2. The van der Waals surface area contributed by atoms with Gasteiger partial charge in [-0.15, -0.1) is 0 Å². The van der Waals surface area contributed by atoms with Crippen LogP contribution in [0.4, 0.5) is 0 Å². The van der Waals surface area contributed by atoms with Crippen molar-refractivity contribution in [3.8, 4) is 5.75 Å². The highest BCUT2D eigenvalue weighted by atomic mass is 16.5. The van der Waals surface area contributed by atoms with Crippen molar-refractivity contribution in [2.24, 2.45) is 4.99 Å². The third kappa shape index (κ3) is 2.45. The van der Waals surface area contributed by atoms with Crippen molar-refractivity contribution in [1.82, 2.24) is 0 Å². The first-order chi connectivity index (χ1) is 9.36. The van der Waals surface area contributed by atoms with Crippen LogP contribution in [0.25, 0.3) is 0 Å². The van der Waals surface area contributed by atoms with E-state index in [0.29, 0.717) is 12.5 Å². The maximum absolute atomic E-state index is 5.69. The zero-order valence-electron chi connectivity index (χ0n) is 10.7. The molecule has 0 aliphatic carbocycles. The van der Waals surface area contributed by atoms with E-state index in [1.54, 1.807) is 7.11 Å². The Bertz CT molecular complexity index is 575. The normalized spacial score (nSPS) is 17.7. The van der Waals surface area contributed by atoms with Gasteiger partial charge in [0, 0.05) is 5.56 Å². The van der Waals surface area contributed by atoms with Crippen molar-refractivity contribution >= 4 is 5.90 Å².